The summed E-state index contributed by atoms with van der Waals surface area (Å²) in [6.07, 6.45) is 17.4. The van der Waals surface area contributed by atoms with Crippen LogP contribution < -0.4 is 5.32 Å². The summed E-state index contributed by atoms with van der Waals surface area (Å²) in [4.78, 5) is 0. The van der Waals surface area contributed by atoms with Crippen LogP contribution in [0.1, 0.15) is 131 Å². The Kier molecular flexibility index (Phi) is 12.3. The molecule has 1 N–H and O–H groups in total. The third kappa shape index (κ3) is 11.2. The van der Waals surface area contributed by atoms with E-state index in [9.17, 15) is 0 Å². The molecule has 1 saturated heterocycles. The lowest BCUT2D eigenvalue weighted by atomic mass is 9.78. The highest BCUT2D eigenvalue weighted by Crippen LogP contribution is 2.39. The third-order valence-corrected chi connectivity index (χ3v) is 5.83. The molecule has 0 saturated carbocycles. The molecule has 0 amide bonds. The minimum atomic E-state index is -0.426. The van der Waals surface area contributed by atoms with E-state index in [4.69, 9.17) is 9.47 Å². The molecule has 0 aromatic rings. The van der Waals surface area contributed by atoms with E-state index in [1.165, 1.54) is 64.2 Å². The number of hydrogen-bond donors (Lipinski definition) is 1. The van der Waals surface area contributed by atoms with Crippen molar-refractivity contribution in [3.63, 3.8) is 0 Å². The highest BCUT2D eigenvalue weighted by Gasteiger charge is 2.48. The van der Waals surface area contributed by atoms with Gasteiger partial charge in [0.25, 0.3) is 0 Å². The second-order valence-corrected chi connectivity index (χ2v) is 10.4. The summed E-state index contributed by atoms with van der Waals surface area (Å²) in [6.45, 7) is 15.3. The second kappa shape index (κ2) is 13.2. The average molecular weight is 398 g/mol. The molecule has 1 fully saturated rings. The molecule has 3 nitrogen and oxygen atoms in total. The van der Waals surface area contributed by atoms with Crippen molar-refractivity contribution in [1.82, 2.24) is 5.32 Å². The lowest BCUT2D eigenvalue weighted by Gasteiger charge is -2.52. The number of unbranched alkanes of at least 4 members (excludes halogenated alkanes) is 10. The van der Waals surface area contributed by atoms with Gasteiger partial charge in [0.2, 0.25) is 0 Å². The molecule has 1 aliphatic heterocycles. The normalized spacial score (nSPS) is 20.4. The van der Waals surface area contributed by atoms with Gasteiger partial charge in [0.05, 0.1) is 13.2 Å². The number of piperidine rings is 1. The molecule has 0 spiro atoms. The maximum absolute atomic E-state index is 6.53. The van der Waals surface area contributed by atoms with Gasteiger partial charge in [0, 0.05) is 23.9 Å². The molecular formula is C25H51NO2. The van der Waals surface area contributed by atoms with Crippen molar-refractivity contribution in [3.8, 4) is 0 Å². The number of hydrogen-bond acceptors (Lipinski definition) is 3. The first kappa shape index (κ1) is 25.9. The zero-order chi connectivity index (χ0) is 20.9. The van der Waals surface area contributed by atoms with E-state index in [1.54, 1.807) is 0 Å². The minimum Gasteiger partial charge on any atom is -0.350 e. The van der Waals surface area contributed by atoms with E-state index in [0.717, 1.165) is 38.9 Å². The molecule has 0 aromatic carbocycles. The summed E-state index contributed by atoms with van der Waals surface area (Å²) in [7, 11) is 0. The lowest BCUT2D eigenvalue weighted by Crippen LogP contribution is -2.65. The second-order valence-electron chi connectivity index (χ2n) is 10.4. The van der Waals surface area contributed by atoms with Crippen LogP contribution in [0.5, 0.6) is 0 Å². The minimum absolute atomic E-state index is 0.0317. The van der Waals surface area contributed by atoms with Crippen LogP contribution in [0.25, 0.3) is 0 Å². The summed E-state index contributed by atoms with van der Waals surface area (Å²) < 4.78 is 13.1. The molecule has 1 heterocycles. The first-order valence-corrected chi connectivity index (χ1v) is 12.3. The molecule has 0 atom stereocenters. The molecule has 0 radical (unpaired) electrons. The zero-order valence-corrected chi connectivity index (χ0v) is 20.1. The van der Waals surface area contributed by atoms with Crippen LogP contribution >= 0.6 is 0 Å². The predicted octanol–water partition coefficient (Wildman–Crippen LogP) is 7.38. The van der Waals surface area contributed by atoms with Crippen molar-refractivity contribution < 1.29 is 9.47 Å². The van der Waals surface area contributed by atoms with Gasteiger partial charge in [-0.15, -0.1) is 0 Å². The fourth-order valence-corrected chi connectivity index (χ4v) is 4.94. The number of ether oxygens (including phenoxy) is 2. The van der Waals surface area contributed by atoms with Crippen LogP contribution in [-0.2, 0) is 9.47 Å². The van der Waals surface area contributed by atoms with Crippen LogP contribution in [0.15, 0.2) is 0 Å². The lowest BCUT2D eigenvalue weighted by molar-refractivity contribution is -0.273. The summed E-state index contributed by atoms with van der Waals surface area (Å²) in [5.74, 6) is -0.426. The van der Waals surface area contributed by atoms with Crippen molar-refractivity contribution in [1.29, 1.82) is 0 Å². The Morgan fingerprint density at radius 3 is 1.32 bits per heavy atom. The summed E-state index contributed by atoms with van der Waals surface area (Å²) in [6, 6.07) is 0. The van der Waals surface area contributed by atoms with Gasteiger partial charge in [-0.25, -0.2) is 0 Å². The quantitative estimate of drug-likeness (QED) is 0.218. The Labute approximate surface area is 176 Å². The van der Waals surface area contributed by atoms with Crippen LogP contribution in [0, 0.1) is 0 Å². The van der Waals surface area contributed by atoms with E-state index in [0.29, 0.717) is 0 Å². The van der Waals surface area contributed by atoms with Crippen LogP contribution in [0.3, 0.4) is 0 Å². The Hall–Kier alpha value is -0.120. The van der Waals surface area contributed by atoms with E-state index in [1.807, 2.05) is 0 Å². The highest BCUT2D eigenvalue weighted by atomic mass is 16.7. The van der Waals surface area contributed by atoms with Crippen molar-refractivity contribution in [3.05, 3.63) is 0 Å². The van der Waals surface area contributed by atoms with Crippen LogP contribution in [-0.4, -0.2) is 30.1 Å². The molecular weight excluding hydrogens is 346 g/mol. The molecule has 1 rings (SSSR count). The molecule has 0 aliphatic carbocycles. The Morgan fingerprint density at radius 2 is 0.929 bits per heavy atom. The smallest absolute Gasteiger partial charge is 0.171 e. The van der Waals surface area contributed by atoms with E-state index < -0.39 is 5.79 Å². The Bertz CT molecular complexity index is 356. The van der Waals surface area contributed by atoms with Crippen LogP contribution in [0.4, 0.5) is 0 Å². The molecule has 28 heavy (non-hydrogen) atoms. The van der Waals surface area contributed by atoms with Crippen molar-refractivity contribution in [2.24, 2.45) is 0 Å². The van der Waals surface area contributed by atoms with Crippen molar-refractivity contribution >= 4 is 0 Å². The topological polar surface area (TPSA) is 30.5 Å². The van der Waals surface area contributed by atoms with Gasteiger partial charge in [-0.3, -0.25) is 0 Å². The van der Waals surface area contributed by atoms with E-state index >= 15 is 0 Å². The third-order valence-electron chi connectivity index (χ3n) is 5.83. The van der Waals surface area contributed by atoms with Gasteiger partial charge in [-0.05, 0) is 40.5 Å². The summed E-state index contributed by atoms with van der Waals surface area (Å²) >= 11 is 0. The SMILES string of the molecule is CCCCCCCCOC1(OCCCCCCCC)CC(C)(C)NC(C)(C)C1. The van der Waals surface area contributed by atoms with Gasteiger partial charge >= 0.3 is 0 Å². The van der Waals surface area contributed by atoms with Gasteiger partial charge in [-0.2, -0.15) is 0 Å². The standard InChI is InChI=1S/C25H51NO2/c1-7-9-11-13-15-17-19-27-25(28-20-18-16-14-12-10-8-2)21-23(3,4)26-24(5,6)22-25/h26H,7-22H2,1-6H3. The fourth-order valence-electron chi connectivity index (χ4n) is 4.94. The van der Waals surface area contributed by atoms with E-state index in [2.05, 4.69) is 46.9 Å². The number of rotatable bonds is 16. The largest absolute Gasteiger partial charge is 0.350 e. The molecule has 3 heteroatoms. The molecule has 0 bridgehead atoms. The van der Waals surface area contributed by atoms with Gasteiger partial charge < -0.3 is 14.8 Å². The summed E-state index contributed by atoms with van der Waals surface area (Å²) in [5.41, 5.74) is 0.0635. The maximum atomic E-state index is 6.53. The van der Waals surface area contributed by atoms with E-state index in [-0.39, 0.29) is 11.1 Å². The highest BCUT2D eigenvalue weighted by molar-refractivity contribution is 5.01. The molecule has 168 valence electrons. The monoisotopic (exact) mass is 397 g/mol. The Balaban J connectivity index is 2.50. The van der Waals surface area contributed by atoms with Crippen LogP contribution in [0.2, 0.25) is 0 Å². The molecule has 0 unspecified atom stereocenters. The maximum Gasteiger partial charge on any atom is 0.171 e. The van der Waals surface area contributed by atoms with Gasteiger partial charge in [0.1, 0.15) is 0 Å². The number of nitrogens with one attached hydrogen (secondary N) is 1. The Morgan fingerprint density at radius 1 is 0.571 bits per heavy atom. The van der Waals surface area contributed by atoms with Crippen molar-refractivity contribution in [2.45, 2.75) is 148 Å². The molecule has 0 aromatic heterocycles. The predicted molar refractivity (Wildman–Crippen MR) is 122 cm³/mol. The average Bonchev–Trinajstić information content (AvgIpc) is 2.57. The summed E-state index contributed by atoms with van der Waals surface area (Å²) in [5, 5.41) is 3.78. The first-order chi connectivity index (χ1) is 13.2. The van der Waals surface area contributed by atoms with Crippen molar-refractivity contribution in [2.75, 3.05) is 13.2 Å². The molecule has 1 aliphatic rings. The first-order valence-electron chi connectivity index (χ1n) is 12.3. The van der Waals surface area contributed by atoms with Gasteiger partial charge in [0.15, 0.2) is 5.79 Å². The van der Waals surface area contributed by atoms with Gasteiger partial charge in [-0.1, -0.05) is 78.1 Å². The fraction of sp³-hybridized carbons (Fsp3) is 1.00. The zero-order valence-electron chi connectivity index (χ0n) is 20.1.